The first-order valence-corrected chi connectivity index (χ1v) is 8.21. The number of carbonyl (C=O) groups is 1. The molecule has 0 saturated carbocycles. The number of alkyl halides is 3. The number of nitro groups is 1. The van der Waals surface area contributed by atoms with Crippen LogP contribution in [0.15, 0.2) is 54.6 Å². The zero-order chi connectivity index (χ0) is 18.4. The van der Waals surface area contributed by atoms with Crippen molar-refractivity contribution in [3.05, 3.63) is 70.3 Å². The van der Waals surface area contributed by atoms with Crippen LogP contribution in [0.3, 0.4) is 0 Å². The maximum atomic E-state index is 12.2. The van der Waals surface area contributed by atoms with Crippen LogP contribution in [0, 0.1) is 10.1 Å². The van der Waals surface area contributed by atoms with Gasteiger partial charge in [0, 0.05) is 6.07 Å². The lowest BCUT2D eigenvalue weighted by atomic mass is 10.1. The molecular weight excluding hydrogens is 391 g/mol. The van der Waals surface area contributed by atoms with Gasteiger partial charge in [0.05, 0.1) is 11.3 Å². The minimum Gasteiger partial charge on any atom is -0.459 e. The van der Waals surface area contributed by atoms with Crippen molar-refractivity contribution in [3.63, 3.8) is 0 Å². The standard InChI is InChI=1S/C16H13Cl3N2O4/c17-16(18,19)15(20-14(22)10-11-6-2-1-3-7-11)25-13-9-5-4-8-12(13)21(23)24/h1-9,15H,10H2,(H,20,22)/t15-/m0/s1. The minimum absolute atomic E-state index is 0.0400. The molecule has 0 radical (unpaired) electrons. The Kier molecular flexibility index (Phi) is 6.47. The molecule has 0 saturated heterocycles. The van der Waals surface area contributed by atoms with Crippen LogP contribution in [0.4, 0.5) is 5.69 Å². The van der Waals surface area contributed by atoms with Crippen molar-refractivity contribution in [1.82, 2.24) is 5.32 Å². The SMILES string of the molecule is O=C(Cc1ccccc1)N[C@@H](Oc1ccccc1[N+](=O)[O-])C(Cl)(Cl)Cl. The van der Waals surface area contributed by atoms with Crippen LogP contribution in [0.25, 0.3) is 0 Å². The Morgan fingerprint density at radius 1 is 1.12 bits per heavy atom. The Morgan fingerprint density at radius 2 is 1.72 bits per heavy atom. The molecule has 0 aliphatic carbocycles. The molecule has 1 atom stereocenters. The third-order valence-electron chi connectivity index (χ3n) is 3.10. The molecule has 2 rings (SSSR count). The number of nitro benzene ring substituents is 1. The maximum absolute atomic E-state index is 12.2. The van der Waals surface area contributed by atoms with Crippen molar-refractivity contribution in [2.45, 2.75) is 16.4 Å². The predicted molar refractivity (Wildman–Crippen MR) is 96.1 cm³/mol. The molecule has 1 N–H and O–H groups in total. The number of rotatable bonds is 6. The number of ether oxygens (including phenoxy) is 1. The molecule has 6 nitrogen and oxygen atoms in total. The van der Waals surface area contributed by atoms with Gasteiger partial charge < -0.3 is 10.1 Å². The molecule has 0 spiro atoms. The molecule has 2 aromatic rings. The van der Waals surface area contributed by atoms with Crippen molar-refractivity contribution in [2.75, 3.05) is 0 Å². The van der Waals surface area contributed by atoms with Crippen LogP contribution < -0.4 is 10.1 Å². The predicted octanol–water partition coefficient (Wildman–Crippen LogP) is 4.03. The average molecular weight is 404 g/mol. The van der Waals surface area contributed by atoms with Crippen LogP contribution in [-0.2, 0) is 11.2 Å². The zero-order valence-corrected chi connectivity index (χ0v) is 15.0. The van der Waals surface area contributed by atoms with Crippen LogP contribution in [0.2, 0.25) is 0 Å². The summed E-state index contributed by atoms with van der Waals surface area (Å²) in [4.78, 5) is 22.6. The summed E-state index contributed by atoms with van der Waals surface area (Å²) in [5.41, 5.74) is 0.452. The Balaban J connectivity index is 2.15. The Labute approximate surface area is 158 Å². The van der Waals surface area contributed by atoms with E-state index in [9.17, 15) is 14.9 Å². The lowest BCUT2D eigenvalue weighted by Crippen LogP contribution is -2.48. The minimum atomic E-state index is -2.03. The second-order valence-electron chi connectivity index (χ2n) is 4.99. The van der Waals surface area contributed by atoms with Gasteiger partial charge in [-0.3, -0.25) is 14.9 Å². The van der Waals surface area contributed by atoms with Crippen molar-refractivity contribution in [3.8, 4) is 5.75 Å². The molecular formula is C16H13Cl3N2O4. The van der Waals surface area contributed by atoms with Gasteiger partial charge in [0.15, 0.2) is 5.75 Å². The van der Waals surface area contributed by atoms with Crippen LogP contribution in [-0.4, -0.2) is 20.9 Å². The number of para-hydroxylation sites is 2. The summed E-state index contributed by atoms with van der Waals surface area (Å²) in [7, 11) is 0. The second-order valence-corrected chi connectivity index (χ2v) is 7.36. The number of hydrogen-bond donors (Lipinski definition) is 1. The monoisotopic (exact) mass is 402 g/mol. The summed E-state index contributed by atoms with van der Waals surface area (Å²) in [6.07, 6.45) is -1.37. The number of nitrogens with zero attached hydrogens (tertiary/aromatic N) is 1. The third kappa shape index (κ3) is 5.77. The highest BCUT2D eigenvalue weighted by Gasteiger charge is 2.37. The highest BCUT2D eigenvalue weighted by atomic mass is 35.6. The summed E-state index contributed by atoms with van der Waals surface area (Å²) in [5.74, 6) is -0.579. The van der Waals surface area contributed by atoms with E-state index in [-0.39, 0.29) is 17.9 Å². The number of halogens is 3. The van der Waals surface area contributed by atoms with E-state index < -0.39 is 20.9 Å². The first-order valence-electron chi connectivity index (χ1n) is 7.07. The molecule has 0 fully saturated rings. The normalized spacial score (nSPS) is 12.3. The number of benzene rings is 2. The van der Waals surface area contributed by atoms with Gasteiger partial charge in [0.2, 0.25) is 15.9 Å². The van der Waals surface area contributed by atoms with Crippen LogP contribution in [0.1, 0.15) is 5.56 Å². The highest BCUT2D eigenvalue weighted by Crippen LogP contribution is 2.34. The molecule has 0 bridgehead atoms. The average Bonchev–Trinajstić information content (AvgIpc) is 2.54. The quantitative estimate of drug-likeness (QED) is 0.342. The summed E-state index contributed by atoms with van der Waals surface area (Å²) >= 11 is 17.5. The van der Waals surface area contributed by atoms with Gasteiger partial charge in [-0.1, -0.05) is 77.3 Å². The second kappa shape index (κ2) is 8.38. The van der Waals surface area contributed by atoms with Gasteiger partial charge in [-0.25, -0.2) is 0 Å². The van der Waals surface area contributed by atoms with Gasteiger partial charge in [0.1, 0.15) is 0 Å². The maximum Gasteiger partial charge on any atom is 0.311 e. The highest BCUT2D eigenvalue weighted by molar-refractivity contribution is 6.68. The molecule has 25 heavy (non-hydrogen) atoms. The van der Waals surface area contributed by atoms with E-state index in [2.05, 4.69) is 5.32 Å². The van der Waals surface area contributed by atoms with Crippen LogP contribution >= 0.6 is 34.8 Å². The van der Waals surface area contributed by atoms with E-state index in [0.29, 0.717) is 0 Å². The Hall–Kier alpha value is -2.02. The van der Waals surface area contributed by atoms with E-state index in [1.165, 1.54) is 24.3 Å². The fourth-order valence-corrected chi connectivity index (χ4v) is 2.29. The van der Waals surface area contributed by atoms with Gasteiger partial charge in [0.25, 0.3) is 0 Å². The van der Waals surface area contributed by atoms with Crippen molar-refractivity contribution in [1.29, 1.82) is 0 Å². The first kappa shape index (κ1) is 19.3. The summed E-state index contributed by atoms with van der Waals surface area (Å²) in [6, 6.07) is 14.6. The molecule has 0 aliphatic rings. The van der Waals surface area contributed by atoms with Crippen molar-refractivity contribution >= 4 is 46.4 Å². The molecule has 0 unspecified atom stereocenters. The lowest BCUT2D eigenvalue weighted by molar-refractivity contribution is -0.386. The van der Waals surface area contributed by atoms with Gasteiger partial charge >= 0.3 is 5.69 Å². The molecule has 0 aliphatic heterocycles. The molecule has 132 valence electrons. The smallest absolute Gasteiger partial charge is 0.311 e. The third-order valence-corrected chi connectivity index (χ3v) is 3.70. The van der Waals surface area contributed by atoms with Crippen LogP contribution in [0.5, 0.6) is 5.75 Å². The topological polar surface area (TPSA) is 81.5 Å². The van der Waals surface area contributed by atoms with E-state index >= 15 is 0 Å². The lowest BCUT2D eigenvalue weighted by Gasteiger charge is -2.26. The zero-order valence-electron chi connectivity index (χ0n) is 12.7. The molecule has 0 heterocycles. The molecule has 9 heteroatoms. The first-order chi connectivity index (χ1) is 11.8. The summed E-state index contributed by atoms with van der Waals surface area (Å²) < 4.78 is 3.38. The number of hydrogen-bond acceptors (Lipinski definition) is 4. The van der Waals surface area contributed by atoms with Gasteiger partial charge in [-0.2, -0.15) is 0 Å². The van der Waals surface area contributed by atoms with E-state index in [1.807, 2.05) is 6.07 Å². The van der Waals surface area contributed by atoms with Gasteiger partial charge in [-0.05, 0) is 11.6 Å². The summed E-state index contributed by atoms with van der Waals surface area (Å²) in [5, 5.41) is 13.5. The van der Waals surface area contributed by atoms with Crippen molar-refractivity contribution in [2.24, 2.45) is 0 Å². The van der Waals surface area contributed by atoms with E-state index in [0.717, 1.165) is 5.56 Å². The van der Waals surface area contributed by atoms with Crippen molar-refractivity contribution < 1.29 is 14.5 Å². The number of carbonyl (C=O) groups excluding carboxylic acids is 1. The van der Waals surface area contributed by atoms with E-state index in [4.69, 9.17) is 39.5 Å². The Morgan fingerprint density at radius 3 is 2.32 bits per heavy atom. The molecule has 2 aromatic carbocycles. The fourth-order valence-electron chi connectivity index (χ4n) is 1.99. The number of amides is 1. The van der Waals surface area contributed by atoms with E-state index in [1.54, 1.807) is 24.3 Å². The summed E-state index contributed by atoms with van der Waals surface area (Å²) in [6.45, 7) is 0. The number of nitrogens with one attached hydrogen (secondary N) is 1. The Bertz CT molecular complexity index is 751. The molecule has 1 amide bonds. The molecule has 0 aromatic heterocycles. The van der Waals surface area contributed by atoms with Gasteiger partial charge in [-0.15, -0.1) is 0 Å². The fraction of sp³-hybridized carbons (Fsp3) is 0.188. The largest absolute Gasteiger partial charge is 0.459 e.